The first kappa shape index (κ1) is 20.9. The number of amides is 2. The summed E-state index contributed by atoms with van der Waals surface area (Å²) in [5.41, 5.74) is 2.21. The van der Waals surface area contributed by atoms with Gasteiger partial charge in [-0.2, -0.15) is 0 Å². The summed E-state index contributed by atoms with van der Waals surface area (Å²) in [6, 6.07) is 14.4. The van der Waals surface area contributed by atoms with Crippen molar-refractivity contribution >= 4 is 46.6 Å². The van der Waals surface area contributed by atoms with Crippen LogP contribution in [0, 0.1) is 0 Å². The molecule has 1 heterocycles. The number of benzene rings is 2. The fourth-order valence-electron chi connectivity index (χ4n) is 2.69. The molecule has 7 nitrogen and oxygen atoms in total. The van der Waals surface area contributed by atoms with Crippen molar-refractivity contribution in [3.63, 3.8) is 0 Å². The van der Waals surface area contributed by atoms with Crippen LogP contribution in [0.5, 0.6) is 0 Å². The lowest BCUT2D eigenvalue weighted by atomic mass is 10.2. The van der Waals surface area contributed by atoms with Crippen molar-refractivity contribution in [2.45, 2.75) is 25.5 Å². The van der Waals surface area contributed by atoms with Gasteiger partial charge in [0.1, 0.15) is 0 Å². The van der Waals surface area contributed by atoms with Crippen molar-refractivity contribution in [3.05, 3.63) is 53.6 Å². The van der Waals surface area contributed by atoms with Crippen LogP contribution >= 0.6 is 23.4 Å². The number of nitrogens with one attached hydrogen (secondary N) is 2. The van der Waals surface area contributed by atoms with E-state index in [4.69, 9.17) is 11.6 Å². The SMILES string of the molecule is CCn1c(SCC(=O)Nc2ccc(NC(C)=O)cc2)nnc1-c1cccc(Cl)c1. The number of anilines is 2. The molecule has 2 N–H and O–H groups in total. The molecule has 1 aromatic heterocycles. The quantitative estimate of drug-likeness (QED) is 0.546. The summed E-state index contributed by atoms with van der Waals surface area (Å²) in [5, 5.41) is 15.3. The van der Waals surface area contributed by atoms with E-state index < -0.39 is 0 Å². The van der Waals surface area contributed by atoms with Gasteiger partial charge in [0.2, 0.25) is 11.8 Å². The minimum atomic E-state index is -0.155. The van der Waals surface area contributed by atoms with Crippen LogP contribution < -0.4 is 10.6 Å². The molecule has 0 unspecified atom stereocenters. The van der Waals surface area contributed by atoms with Crippen LogP contribution in [0.1, 0.15) is 13.8 Å². The molecule has 3 aromatic rings. The zero-order valence-electron chi connectivity index (χ0n) is 16.0. The van der Waals surface area contributed by atoms with E-state index in [1.807, 2.05) is 29.7 Å². The maximum absolute atomic E-state index is 12.3. The van der Waals surface area contributed by atoms with Gasteiger partial charge < -0.3 is 15.2 Å². The van der Waals surface area contributed by atoms with Crippen LogP contribution in [-0.4, -0.2) is 32.3 Å². The Hall–Kier alpha value is -2.84. The number of carbonyl (C=O) groups is 2. The zero-order chi connectivity index (χ0) is 20.8. The molecule has 2 aromatic carbocycles. The van der Waals surface area contributed by atoms with E-state index in [0.717, 1.165) is 5.56 Å². The molecule has 2 amide bonds. The number of halogens is 1. The van der Waals surface area contributed by atoms with Gasteiger partial charge in [0.05, 0.1) is 5.75 Å². The van der Waals surface area contributed by atoms with Gasteiger partial charge in [-0.1, -0.05) is 35.5 Å². The first-order valence-corrected chi connectivity index (χ1v) is 10.3. The van der Waals surface area contributed by atoms with Gasteiger partial charge >= 0.3 is 0 Å². The van der Waals surface area contributed by atoms with E-state index in [-0.39, 0.29) is 17.6 Å². The van der Waals surface area contributed by atoms with Gasteiger partial charge in [0.25, 0.3) is 0 Å². The Balaban J connectivity index is 1.62. The highest BCUT2D eigenvalue weighted by atomic mass is 35.5. The summed E-state index contributed by atoms with van der Waals surface area (Å²) in [7, 11) is 0. The van der Waals surface area contributed by atoms with Crippen molar-refractivity contribution < 1.29 is 9.59 Å². The molecule has 0 aliphatic carbocycles. The summed E-state index contributed by atoms with van der Waals surface area (Å²) >= 11 is 7.39. The number of nitrogens with zero attached hydrogens (tertiary/aromatic N) is 3. The Morgan fingerprint density at radius 3 is 2.38 bits per heavy atom. The van der Waals surface area contributed by atoms with Gasteiger partial charge in [-0.25, -0.2) is 0 Å². The summed E-state index contributed by atoms with van der Waals surface area (Å²) in [4.78, 5) is 23.3. The van der Waals surface area contributed by atoms with E-state index in [1.54, 1.807) is 30.3 Å². The second-order valence-electron chi connectivity index (χ2n) is 6.16. The minimum Gasteiger partial charge on any atom is -0.326 e. The van der Waals surface area contributed by atoms with E-state index in [0.29, 0.717) is 33.9 Å². The van der Waals surface area contributed by atoms with Crippen molar-refractivity contribution in [1.29, 1.82) is 0 Å². The number of rotatable bonds is 7. The molecule has 0 saturated carbocycles. The van der Waals surface area contributed by atoms with Crippen LogP contribution in [0.2, 0.25) is 5.02 Å². The topological polar surface area (TPSA) is 88.9 Å². The van der Waals surface area contributed by atoms with Crippen molar-refractivity contribution in [1.82, 2.24) is 14.8 Å². The summed E-state index contributed by atoms with van der Waals surface area (Å²) in [6.07, 6.45) is 0. The van der Waals surface area contributed by atoms with Crippen molar-refractivity contribution in [2.24, 2.45) is 0 Å². The fraction of sp³-hybridized carbons (Fsp3) is 0.200. The Bertz CT molecular complexity index is 1020. The Kier molecular flexibility index (Phi) is 6.90. The lowest BCUT2D eigenvalue weighted by molar-refractivity contribution is -0.114. The molecular formula is C20H20ClN5O2S. The summed E-state index contributed by atoms with van der Waals surface area (Å²) in [6.45, 7) is 4.11. The number of carbonyl (C=O) groups excluding carboxylic acids is 2. The van der Waals surface area contributed by atoms with Gasteiger partial charge in [-0.3, -0.25) is 9.59 Å². The number of hydrogen-bond acceptors (Lipinski definition) is 5. The molecule has 0 atom stereocenters. The van der Waals surface area contributed by atoms with E-state index in [2.05, 4.69) is 20.8 Å². The first-order valence-electron chi connectivity index (χ1n) is 8.95. The Morgan fingerprint density at radius 1 is 1.07 bits per heavy atom. The van der Waals surface area contributed by atoms with Gasteiger partial charge in [0, 0.05) is 35.4 Å². The molecule has 0 aliphatic rings. The molecule has 0 spiro atoms. The Morgan fingerprint density at radius 2 is 1.76 bits per heavy atom. The molecule has 150 valence electrons. The number of thioether (sulfide) groups is 1. The van der Waals surface area contributed by atoms with Crippen LogP contribution in [0.25, 0.3) is 11.4 Å². The largest absolute Gasteiger partial charge is 0.326 e. The molecule has 29 heavy (non-hydrogen) atoms. The van der Waals surface area contributed by atoms with Crippen LogP contribution in [-0.2, 0) is 16.1 Å². The second kappa shape index (κ2) is 9.58. The molecule has 0 radical (unpaired) electrons. The van der Waals surface area contributed by atoms with Crippen LogP contribution in [0.4, 0.5) is 11.4 Å². The zero-order valence-corrected chi connectivity index (χ0v) is 17.5. The molecule has 0 saturated heterocycles. The van der Waals surface area contributed by atoms with Crippen molar-refractivity contribution in [2.75, 3.05) is 16.4 Å². The highest BCUT2D eigenvalue weighted by Gasteiger charge is 2.15. The average Bonchev–Trinajstić information content (AvgIpc) is 3.10. The third-order valence-corrected chi connectivity index (χ3v) is 5.14. The van der Waals surface area contributed by atoms with Gasteiger partial charge in [0.15, 0.2) is 11.0 Å². The second-order valence-corrected chi connectivity index (χ2v) is 7.54. The standard InChI is InChI=1S/C20H20ClN5O2S/c1-3-26-19(14-5-4-6-15(21)11-14)24-25-20(26)29-12-18(28)23-17-9-7-16(8-10-17)22-13(2)27/h4-11H,3,12H2,1-2H3,(H,22,27)(H,23,28). The molecule has 3 rings (SSSR count). The van der Waals surface area contributed by atoms with Gasteiger partial charge in [-0.05, 0) is 43.3 Å². The number of hydrogen-bond donors (Lipinski definition) is 2. The first-order chi connectivity index (χ1) is 14.0. The van der Waals surface area contributed by atoms with E-state index >= 15 is 0 Å². The lowest BCUT2D eigenvalue weighted by Crippen LogP contribution is -2.14. The molecule has 0 aliphatic heterocycles. The monoisotopic (exact) mass is 429 g/mol. The third-order valence-electron chi connectivity index (χ3n) is 3.94. The molecule has 9 heteroatoms. The predicted octanol–water partition coefficient (Wildman–Crippen LogP) is 4.31. The van der Waals surface area contributed by atoms with Crippen LogP contribution in [0.15, 0.2) is 53.7 Å². The maximum atomic E-state index is 12.3. The predicted molar refractivity (Wildman–Crippen MR) is 116 cm³/mol. The normalized spacial score (nSPS) is 10.6. The highest BCUT2D eigenvalue weighted by molar-refractivity contribution is 7.99. The fourth-order valence-corrected chi connectivity index (χ4v) is 3.68. The highest BCUT2D eigenvalue weighted by Crippen LogP contribution is 2.26. The molecule has 0 fully saturated rings. The van der Waals surface area contributed by atoms with Crippen molar-refractivity contribution in [3.8, 4) is 11.4 Å². The van der Waals surface area contributed by atoms with E-state index in [1.165, 1.54) is 18.7 Å². The average molecular weight is 430 g/mol. The third kappa shape index (κ3) is 5.58. The summed E-state index contributed by atoms with van der Waals surface area (Å²) in [5.74, 6) is 0.611. The molecular weight excluding hydrogens is 410 g/mol. The van der Waals surface area contributed by atoms with Crippen LogP contribution in [0.3, 0.4) is 0 Å². The van der Waals surface area contributed by atoms with E-state index in [9.17, 15) is 9.59 Å². The minimum absolute atomic E-state index is 0.143. The summed E-state index contributed by atoms with van der Waals surface area (Å²) < 4.78 is 1.95. The van der Waals surface area contributed by atoms with Gasteiger partial charge in [-0.15, -0.1) is 10.2 Å². The smallest absolute Gasteiger partial charge is 0.234 e. The maximum Gasteiger partial charge on any atom is 0.234 e. The lowest BCUT2D eigenvalue weighted by Gasteiger charge is -2.08. The molecule has 0 bridgehead atoms. The number of aromatic nitrogens is 3. The Labute approximate surface area is 177 Å².